The second kappa shape index (κ2) is 6.60. The zero-order valence-corrected chi connectivity index (χ0v) is 13.8. The third-order valence-corrected chi connectivity index (χ3v) is 4.78. The molecule has 2 aromatic rings. The average Bonchev–Trinajstić information content (AvgIpc) is 2.74. The van der Waals surface area contributed by atoms with Gasteiger partial charge >= 0.3 is 5.69 Å². The number of benzene rings is 1. The maximum absolute atomic E-state index is 11.7. The van der Waals surface area contributed by atoms with Crippen molar-refractivity contribution < 1.29 is 0 Å². The largest absolute Gasteiger partial charge is 0.344 e. The molecule has 0 saturated carbocycles. The van der Waals surface area contributed by atoms with Crippen LogP contribution in [0.5, 0.6) is 0 Å². The average molecular weight is 357 g/mol. The van der Waals surface area contributed by atoms with Gasteiger partial charge in [0.15, 0.2) is 5.16 Å². The van der Waals surface area contributed by atoms with E-state index < -0.39 is 0 Å². The molecule has 1 aromatic carbocycles. The molecule has 0 aliphatic carbocycles. The van der Waals surface area contributed by atoms with Gasteiger partial charge < -0.3 is 5.73 Å². The molecule has 0 unspecified atom stereocenters. The second-order valence-corrected chi connectivity index (χ2v) is 6.54. The van der Waals surface area contributed by atoms with Crippen LogP contribution in [-0.4, -0.2) is 21.3 Å². The molecule has 0 atom stereocenters. The standard InChI is InChI=1S/C13H17BrN4OS/c1-8(2)18-12(19)16-17-13(18)20-11-4-3-9(5-6-15)7-10(11)14/h3-4,7-8H,5-6,15H2,1-2H3,(H,16,19). The third kappa shape index (κ3) is 3.34. The Hall–Kier alpha value is -1.05. The Morgan fingerprint density at radius 2 is 2.25 bits per heavy atom. The summed E-state index contributed by atoms with van der Waals surface area (Å²) in [5.74, 6) is 0. The van der Waals surface area contributed by atoms with E-state index in [0.29, 0.717) is 11.7 Å². The summed E-state index contributed by atoms with van der Waals surface area (Å²) in [4.78, 5) is 12.7. The van der Waals surface area contributed by atoms with E-state index in [1.807, 2.05) is 26.0 Å². The van der Waals surface area contributed by atoms with E-state index in [9.17, 15) is 4.79 Å². The molecule has 2 rings (SSSR count). The summed E-state index contributed by atoms with van der Waals surface area (Å²) in [5.41, 5.74) is 6.56. The SMILES string of the molecule is CC(C)n1c(Sc2ccc(CCN)cc2Br)n[nH]c1=O. The van der Waals surface area contributed by atoms with Crippen molar-refractivity contribution >= 4 is 27.7 Å². The highest BCUT2D eigenvalue weighted by Gasteiger charge is 2.14. The number of aromatic amines is 1. The minimum atomic E-state index is -0.182. The van der Waals surface area contributed by atoms with Crippen LogP contribution in [0, 0.1) is 0 Å². The number of aromatic nitrogens is 3. The number of halogens is 1. The van der Waals surface area contributed by atoms with Crippen molar-refractivity contribution in [2.75, 3.05) is 6.54 Å². The molecule has 5 nitrogen and oxygen atoms in total. The first-order chi connectivity index (χ1) is 9.52. The fourth-order valence-corrected chi connectivity index (χ4v) is 3.51. The van der Waals surface area contributed by atoms with Crippen LogP contribution in [0.2, 0.25) is 0 Å². The van der Waals surface area contributed by atoms with Crippen molar-refractivity contribution in [3.8, 4) is 0 Å². The van der Waals surface area contributed by atoms with Gasteiger partial charge in [-0.1, -0.05) is 6.07 Å². The number of rotatable bonds is 5. The molecule has 7 heteroatoms. The lowest BCUT2D eigenvalue weighted by atomic mass is 10.2. The quantitative estimate of drug-likeness (QED) is 0.862. The van der Waals surface area contributed by atoms with Gasteiger partial charge in [0.1, 0.15) is 0 Å². The summed E-state index contributed by atoms with van der Waals surface area (Å²) in [6.07, 6.45) is 0.850. The summed E-state index contributed by atoms with van der Waals surface area (Å²) in [6.45, 7) is 4.55. The van der Waals surface area contributed by atoms with Gasteiger partial charge in [0.2, 0.25) is 0 Å². The van der Waals surface area contributed by atoms with E-state index in [1.54, 1.807) is 4.57 Å². The Morgan fingerprint density at radius 1 is 1.50 bits per heavy atom. The summed E-state index contributed by atoms with van der Waals surface area (Å²) in [5, 5.41) is 7.24. The molecule has 0 saturated heterocycles. The smallest absolute Gasteiger partial charge is 0.330 e. The predicted molar refractivity (Wildman–Crippen MR) is 84.3 cm³/mol. The number of nitrogens with one attached hydrogen (secondary N) is 1. The number of nitrogens with two attached hydrogens (primary N) is 1. The minimum absolute atomic E-state index is 0.0686. The molecular formula is C13H17BrN4OS. The Kier molecular flexibility index (Phi) is 5.06. The monoisotopic (exact) mass is 356 g/mol. The predicted octanol–water partition coefficient (Wildman–Crippen LogP) is 2.57. The van der Waals surface area contributed by atoms with Gasteiger partial charge in [0.05, 0.1) is 0 Å². The summed E-state index contributed by atoms with van der Waals surface area (Å²) in [6, 6.07) is 6.19. The van der Waals surface area contributed by atoms with E-state index >= 15 is 0 Å². The highest BCUT2D eigenvalue weighted by Crippen LogP contribution is 2.33. The molecule has 108 valence electrons. The van der Waals surface area contributed by atoms with E-state index in [0.717, 1.165) is 15.8 Å². The van der Waals surface area contributed by atoms with Gasteiger partial charge in [-0.25, -0.2) is 9.89 Å². The van der Waals surface area contributed by atoms with Crippen LogP contribution in [-0.2, 0) is 6.42 Å². The lowest BCUT2D eigenvalue weighted by molar-refractivity contribution is 0.534. The summed E-state index contributed by atoms with van der Waals surface area (Å²) in [7, 11) is 0. The van der Waals surface area contributed by atoms with E-state index in [-0.39, 0.29) is 11.7 Å². The Labute approximate surface area is 130 Å². The minimum Gasteiger partial charge on any atom is -0.330 e. The molecule has 0 radical (unpaired) electrons. The van der Waals surface area contributed by atoms with Crippen LogP contribution in [0.3, 0.4) is 0 Å². The van der Waals surface area contributed by atoms with Gasteiger partial charge in [0.25, 0.3) is 0 Å². The number of hydrogen-bond donors (Lipinski definition) is 2. The molecule has 0 bridgehead atoms. The number of H-pyrrole nitrogens is 1. The van der Waals surface area contributed by atoms with Crippen molar-refractivity contribution in [2.45, 2.75) is 36.4 Å². The van der Waals surface area contributed by atoms with Gasteiger partial charge in [-0.15, -0.1) is 5.10 Å². The molecule has 3 N–H and O–H groups in total. The summed E-state index contributed by atoms with van der Waals surface area (Å²) >= 11 is 5.02. The van der Waals surface area contributed by atoms with Crippen molar-refractivity contribution in [2.24, 2.45) is 5.73 Å². The zero-order chi connectivity index (χ0) is 14.7. The molecule has 0 amide bonds. The first kappa shape index (κ1) is 15.3. The van der Waals surface area contributed by atoms with E-state index in [2.05, 4.69) is 32.2 Å². The zero-order valence-electron chi connectivity index (χ0n) is 11.4. The van der Waals surface area contributed by atoms with Crippen LogP contribution in [0.4, 0.5) is 0 Å². The van der Waals surface area contributed by atoms with Gasteiger partial charge in [0, 0.05) is 15.4 Å². The highest BCUT2D eigenvalue weighted by molar-refractivity contribution is 9.10. The highest BCUT2D eigenvalue weighted by atomic mass is 79.9. The lowest BCUT2D eigenvalue weighted by Gasteiger charge is -2.10. The van der Waals surface area contributed by atoms with Gasteiger partial charge in [-0.3, -0.25) is 4.57 Å². The Balaban J connectivity index is 2.29. The maximum atomic E-state index is 11.7. The molecule has 1 heterocycles. The summed E-state index contributed by atoms with van der Waals surface area (Å²) < 4.78 is 2.63. The maximum Gasteiger partial charge on any atom is 0.344 e. The normalized spacial score (nSPS) is 11.2. The fraction of sp³-hybridized carbons (Fsp3) is 0.385. The van der Waals surface area contributed by atoms with Crippen LogP contribution in [0.1, 0.15) is 25.5 Å². The van der Waals surface area contributed by atoms with Gasteiger partial charge in [-0.2, -0.15) is 0 Å². The first-order valence-corrected chi connectivity index (χ1v) is 7.97. The van der Waals surface area contributed by atoms with Crippen LogP contribution in [0.15, 0.2) is 37.5 Å². The van der Waals surface area contributed by atoms with Crippen molar-refractivity contribution in [3.05, 3.63) is 38.7 Å². The molecule has 1 aromatic heterocycles. The van der Waals surface area contributed by atoms with E-state index in [4.69, 9.17) is 5.73 Å². The molecule has 0 aliphatic heterocycles. The molecule has 20 heavy (non-hydrogen) atoms. The topological polar surface area (TPSA) is 76.7 Å². The van der Waals surface area contributed by atoms with Crippen LogP contribution in [0.25, 0.3) is 0 Å². The second-order valence-electron chi connectivity index (χ2n) is 4.68. The van der Waals surface area contributed by atoms with Crippen LogP contribution < -0.4 is 11.4 Å². The molecule has 0 aliphatic rings. The van der Waals surface area contributed by atoms with Crippen molar-refractivity contribution in [1.82, 2.24) is 14.8 Å². The Morgan fingerprint density at radius 3 is 2.85 bits per heavy atom. The number of nitrogens with zero attached hydrogens (tertiary/aromatic N) is 2. The van der Waals surface area contributed by atoms with Gasteiger partial charge in [-0.05, 0) is 72.2 Å². The first-order valence-electron chi connectivity index (χ1n) is 6.36. The lowest BCUT2D eigenvalue weighted by Crippen LogP contribution is -2.19. The molecule has 0 fully saturated rings. The van der Waals surface area contributed by atoms with E-state index in [1.165, 1.54) is 17.3 Å². The van der Waals surface area contributed by atoms with Crippen molar-refractivity contribution in [3.63, 3.8) is 0 Å². The number of hydrogen-bond acceptors (Lipinski definition) is 4. The molecular weight excluding hydrogens is 340 g/mol. The third-order valence-electron chi connectivity index (χ3n) is 2.82. The molecule has 0 spiro atoms. The van der Waals surface area contributed by atoms with Crippen molar-refractivity contribution in [1.29, 1.82) is 0 Å². The fourth-order valence-electron chi connectivity index (χ4n) is 1.87. The Bertz CT molecular complexity index is 650. The van der Waals surface area contributed by atoms with Crippen LogP contribution >= 0.6 is 27.7 Å².